The molecule has 378 valence electrons. The summed E-state index contributed by atoms with van der Waals surface area (Å²) in [6.45, 7) is 6.39. The van der Waals surface area contributed by atoms with Crippen LogP contribution in [0.5, 0.6) is 0 Å². The van der Waals surface area contributed by atoms with Crippen molar-refractivity contribution in [3.8, 4) is 0 Å². The molecule has 1 unspecified atom stereocenters. The molecule has 0 aliphatic carbocycles. The first-order valence-corrected chi connectivity index (χ1v) is 27.6. The molecular weight excluding hydrogens is 817 g/mol. The van der Waals surface area contributed by atoms with E-state index in [4.69, 9.17) is 14.2 Å². The Balaban J connectivity index is 4.30. The van der Waals surface area contributed by atoms with Crippen LogP contribution in [-0.4, -0.2) is 37.2 Å². The Kier molecular flexibility index (Phi) is 51.4. The summed E-state index contributed by atoms with van der Waals surface area (Å²) in [5.41, 5.74) is 0. The van der Waals surface area contributed by atoms with E-state index in [0.29, 0.717) is 19.3 Å². The molecule has 0 aliphatic rings. The monoisotopic (exact) mass is 919 g/mol. The molecule has 0 aromatic carbocycles. The predicted octanol–water partition coefficient (Wildman–Crippen LogP) is 18.4. The zero-order valence-electron chi connectivity index (χ0n) is 43.2. The predicted molar refractivity (Wildman–Crippen MR) is 284 cm³/mol. The van der Waals surface area contributed by atoms with Gasteiger partial charge in [-0.05, 0) is 89.9 Å². The zero-order valence-corrected chi connectivity index (χ0v) is 43.2. The van der Waals surface area contributed by atoms with E-state index >= 15 is 0 Å². The van der Waals surface area contributed by atoms with E-state index in [0.717, 1.165) is 122 Å². The molecule has 0 aliphatic heterocycles. The van der Waals surface area contributed by atoms with Crippen molar-refractivity contribution in [1.29, 1.82) is 0 Å². The number of esters is 3. The van der Waals surface area contributed by atoms with Crippen molar-refractivity contribution in [3.05, 3.63) is 85.1 Å². The van der Waals surface area contributed by atoms with E-state index in [-0.39, 0.29) is 31.1 Å². The van der Waals surface area contributed by atoms with E-state index in [1.165, 1.54) is 96.3 Å². The zero-order chi connectivity index (χ0) is 47.9. The molecule has 6 heteroatoms. The Hall–Kier alpha value is -3.41. The Labute approximate surface area is 407 Å². The van der Waals surface area contributed by atoms with Crippen molar-refractivity contribution in [2.45, 2.75) is 264 Å². The minimum atomic E-state index is -0.785. The summed E-state index contributed by atoms with van der Waals surface area (Å²) >= 11 is 0. The molecule has 0 N–H and O–H groups in total. The fourth-order valence-corrected chi connectivity index (χ4v) is 7.57. The Morgan fingerprint density at radius 3 is 0.924 bits per heavy atom. The third-order valence-electron chi connectivity index (χ3n) is 11.6. The lowest BCUT2D eigenvalue weighted by atomic mass is 10.1. The van der Waals surface area contributed by atoms with Crippen molar-refractivity contribution in [1.82, 2.24) is 0 Å². The topological polar surface area (TPSA) is 78.9 Å². The number of unbranched alkanes of at least 4 members (excludes halogenated alkanes) is 24. The summed E-state index contributed by atoms with van der Waals surface area (Å²) in [5, 5.41) is 0. The molecule has 0 aromatic rings. The van der Waals surface area contributed by atoms with E-state index in [1.807, 2.05) is 0 Å². The highest BCUT2D eigenvalue weighted by Crippen LogP contribution is 2.15. The number of hydrogen-bond donors (Lipinski definition) is 0. The molecule has 66 heavy (non-hydrogen) atoms. The Morgan fingerprint density at radius 1 is 0.318 bits per heavy atom. The van der Waals surface area contributed by atoms with Gasteiger partial charge < -0.3 is 14.2 Å². The number of ether oxygens (including phenoxy) is 3. The molecule has 0 radical (unpaired) electrons. The smallest absolute Gasteiger partial charge is 0.306 e. The largest absolute Gasteiger partial charge is 0.462 e. The first-order chi connectivity index (χ1) is 32.5. The summed E-state index contributed by atoms with van der Waals surface area (Å²) in [6.07, 6.45) is 70.0. The molecule has 0 heterocycles. The fourth-order valence-electron chi connectivity index (χ4n) is 7.57. The quantitative estimate of drug-likeness (QED) is 0.0262. The molecule has 0 saturated heterocycles. The molecule has 0 bridgehead atoms. The van der Waals surface area contributed by atoms with E-state index < -0.39 is 6.10 Å². The van der Waals surface area contributed by atoms with Gasteiger partial charge in [-0.2, -0.15) is 0 Å². The van der Waals surface area contributed by atoms with Crippen LogP contribution in [0, 0.1) is 0 Å². The average molecular weight is 919 g/mol. The van der Waals surface area contributed by atoms with Gasteiger partial charge in [0.2, 0.25) is 0 Å². The van der Waals surface area contributed by atoms with Crippen molar-refractivity contribution in [2.24, 2.45) is 0 Å². The highest BCUT2D eigenvalue weighted by atomic mass is 16.6. The molecule has 6 nitrogen and oxygen atoms in total. The first kappa shape index (κ1) is 62.6. The molecule has 0 spiro atoms. The van der Waals surface area contributed by atoms with Gasteiger partial charge in [-0.15, -0.1) is 0 Å². The van der Waals surface area contributed by atoms with Crippen LogP contribution in [-0.2, 0) is 28.6 Å². The second-order valence-electron chi connectivity index (χ2n) is 18.1. The van der Waals surface area contributed by atoms with Crippen LogP contribution in [0.4, 0.5) is 0 Å². The maximum atomic E-state index is 12.8. The van der Waals surface area contributed by atoms with Crippen LogP contribution in [0.3, 0.4) is 0 Å². The van der Waals surface area contributed by atoms with E-state index in [2.05, 4.69) is 106 Å². The summed E-state index contributed by atoms with van der Waals surface area (Å²) in [5.74, 6) is -0.903. The normalized spacial score (nSPS) is 12.7. The molecular formula is C60H102O6. The maximum absolute atomic E-state index is 12.8. The first-order valence-electron chi connectivity index (χ1n) is 27.6. The van der Waals surface area contributed by atoms with Crippen LogP contribution in [0.15, 0.2) is 85.1 Å². The summed E-state index contributed by atoms with van der Waals surface area (Å²) in [7, 11) is 0. The van der Waals surface area contributed by atoms with Crippen LogP contribution in [0.1, 0.15) is 258 Å². The van der Waals surface area contributed by atoms with Gasteiger partial charge in [0.1, 0.15) is 13.2 Å². The van der Waals surface area contributed by atoms with Crippen LogP contribution < -0.4 is 0 Å². The SMILES string of the molecule is CC/C=C\C/C=C\C/C=C\C/C=C\CCCCCCCCCCCCC(=O)OCC(COC(=O)CCCCCCCCCCCC)OC(=O)CCCCCCC/C=C\C/C=C\C/C=C\CC. The lowest BCUT2D eigenvalue weighted by molar-refractivity contribution is -0.167. The lowest BCUT2D eigenvalue weighted by Crippen LogP contribution is -2.30. The third-order valence-corrected chi connectivity index (χ3v) is 11.6. The van der Waals surface area contributed by atoms with Crippen LogP contribution >= 0.6 is 0 Å². The van der Waals surface area contributed by atoms with Crippen molar-refractivity contribution in [2.75, 3.05) is 13.2 Å². The average Bonchev–Trinajstić information content (AvgIpc) is 3.31. The minimum Gasteiger partial charge on any atom is -0.462 e. The van der Waals surface area contributed by atoms with Gasteiger partial charge in [-0.3, -0.25) is 14.4 Å². The summed E-state index contributed by atoms with van der Waals surface area (Å²) < 4.78 is 16.8. The highest BCUT2D eigenvalue weighted by Gasteiger charge is 2.19. The molecule has 0 saturated carbocycles. The Morgan fingerprint density at radius 2 is 0.591 bits per heavy atom. The van der Waals surface area contributed by atoms with Gasteiger partial charge in [0.05, 0.1) is 0 Å². The maximum Gasteiger partial charge on any atom is 0.306 e. The van der Waals surface area contributed by atoms with Crippen LogP contribution in [0.25, 0.3) is 0 Å². The number of carbonyl (C=O) groups is 3. The molecule has 1 atom stereocenters. The van der Waals surface area contributed by atoms with Gasteiger partial charge in [-0.1, -0.05) is 234 Å². The fraction of sp³-hybridized carbons (Fsp3) is 0.717. The van der Waals surface area contributed by atoms with Gasteiger partial charge >= 0.3 is 17.9 Å². The van der Waals surface area contributed by atoms with Gasteiger partial charge in [0, 0.05) is 19.3 Å². The number of allylic oxidation sites excluding steroid dienone is 14. The van der Waals surface area contributed by atoms with E-state index in [1.54, 1.807) is 0 Å². The summed E-state index contributed by atoms with van der Waals surface area (Å²) in [4.78, 5) is 38.0. The van der Waals surface area contributed by atoms with Gasteiger partial charge in [0.25, 0.3) is 0 Å². The standard InChI is InChI=1S/C60H102O6/c1-4-7-10-13-16-19-22-24-26-27-28-29-30-31-32-33-35-36-38-41-44-47-50-53-59(62)65-56-57(55-64-58(61)52-49-46-43-40-21-18-15-12-9-6-3)66-60(63)54-51-48-45-42-39-37-34-25-23-20-17-14-11-8-5-2/h7-8,10-11,16-17,19-20,24-26,28-29,34,57H,4-6,9,12-15,18,21-23,27,30-33,35-56H2,1-3H3/b10-7-,11-8-,19-16-,20-17-,26-24-,29-28-,34-25-. The van der Waals surface area contributed by atoms with E-state index in [9.17, 15) is 14.4 Å². The summed E-state index contributed by atoms with van der Waals surface area (Å²) in [6, 6.07) is 0. The number of rotatable bonds is 49. The van der Waals surface area contributed by atoms with Crippen LogP contribution in [0.2, 0.25) is 0 Å². The highest BCUT2D eigenvalue weighted by molar-refractivity contribution is 5.71. The second kappa shape index (κ2) is 54.2. The van der Waals surface area contributed by atoms with Gasteiger partial charge in [-0.25, -0.2) is 0 Å². The molecule has 0 rings (SSSR count). The Bertz CT molecular complexity index is 1290. The lowest BCUT2D eigenvalue weighted by Gasteiger charge is -2.18. The van der Waals surface area contributed by atoms with Crippen molar-refractivity contribution < 1.29 is 28.6 Å². The second-order valence-corrected chi connectivity index (χ2v) is 18.1. The number of carbonyl (C=O) groups excluding carboxylic acids is 3. The van der Waals surface area contributed by atoms with Crippen molar-refractivity contribution >= 4 is 17.9 Å². The van der Waals surface area contributed by atoms with Gasteiger partial charge in [0.15, 0.2) is 6.10 Å². The molecule has 0 fully saturated rings. The number of hydrogen-bond acceptors (Lipinski definition) is 6. The molecule has 0 amide bonds. The molecule has 0 aromatic heterocycles. The minimum absolute atomic E-state index is 0.0832. The third kappa shape index (κ3) is 51.6. The van der Waals surface area contributed by atoms with Crippen molar-refractivity contribution in [3.63, 3.8) is 0 Å².